The molecule has 0 saturated heterocycles. The molecule has 0 spiro atoms. The molecule has 0 aliphatic heterocycles. The number of nitrogens with one attached hydrogen (secondary N) is 2. The fourth-order valence-corrected chi connectivity index (χ4v) is 0.956. The van der Waals surface area contributed by atoms with Crippen molar-refractivity contribution in [3.05, 3.63) is 0 Å². The smallest absolute Gasteiger partial charge is 0.321 e. The zero-order valence-corrected chi connectivity index (χ0v) is 8.71. The number of carboxylic acid groups (broad SMARTS) is 1. The van der Waals surface area contributed by atoms with Crippen LogP contribution in [0.4, 0.5) is 4.79 Å². The Morgan fingerprint density at radius 2 is 1.73 bits per heavy atom. The summed E-state index contributed by atoms with van der Waals surface area (Å²) in [6.45, 7) is 2.20. The minimum absolute atomic E-state index is 0.0500. The summed E-state index contributed by atoms with van der Waals surface area (Å²) in [6, 6.07) is -0.513. The van der Waals surface area contributed by atoms with Crippen molar-refractivity contribution in [1.82, 2.24) is 10.6 Å². The van der Waals surface area contributed by atoms with E-state index >= 15 is 0 Å². The number of imide groups is 1. The number of hydrogen-bond acceptors (Lipinski definition) is 3. The number of rotatable bonds is 6. The average Bonchev–Trinajstić information content (AvgIpc) is 2.12. The summed E-state index contributed by atoms with van der Waals surface area (Å²) < 4.78 is 0. The Bertz CT molecular complexity index is 240. The Balaban J connectivity index is 3.49. The molecule has 0 heterocycles. The monoisotopic (exact) mass is 216 g/mol. The maximum atomic E-state index is 11.1. The highest BCUT2D eigenvalue weighted by Gasteiger charge is 2.06. The zero-order valence-electron chi connectivity index (χ0n) is 8.71. The molecule has 0 aliphatic rings. The number of urea groups is 1. The Morgan fingerprint density at radius 1 is 1.13 bits per heavy atom. The minimum atomic E-state index is -0.876. The molecule has 0 aromatic carbocycles. The highest BCUT2D eigenvalue weighted by Crippen LogP contribution is 1.99. The van der Waals surface area contributed by atoms with Crippen molar-refractivity contribution in [3.8, 4) is 0 Å². The van der Waals surface area contributed by atoms with E-state index < -0.39 is 12.0 Å². The maximum Gasteiger partial charge on any atom is 0.321 e. The highest BCUT2D eigenvalue weighted by atomic mass is 16.4. The van der Waals surface area contributed by atoms with E-state index in [1.807, 2.05) is 0 Å². The second-order valence-corrected chi connectivity index (χ2v) is 3.01. The van der Waals surface area contributed by atoms with Crippen LogP contribution in [0, 0.1) is 0 Å². The van der Waals surface area contributed by atoms with E-state index in [0.717, 1.165) is 0 Å². The van der Waals surface area contributed by atoms with Crippen LogP contribution in [0.3, 0.4) is 0 Å². The van der Waals surface area contributed by atoms with Crippen molar-refractivity contribution in [1.29, 1.82) is 0 Å². The van der Waals surface area contributed by atoms with Gasteiger partial charge in [0.1, 0.15) is 0 Å². The lowest BCUT2D eigenvalue weighted by molar-refractivity contribution is -0.137. The van der Waals surface area contributed by atoms with Gasteiger partial charge in [0.2, 0.25) is 5.91 Å². The van der Waals surface area contributed by atoms with Crippen molar-refractivity contribution >= 4 is 17.9 Å². The van der Waals surface area contributed by atoms with Crippen LogP contribution in [0.1, 0.15) is 32.6 Å². The molecule has 0 rings (SSSR count). The van der Waals surface area contributed by atoms with Gasteiger partial charge in [0.05, 0.1) is 0 Å². The molecule has 86 valence electrons. The van der Waals surface area contributed by atoms with Crippen LogP contribution in [0.25, 0.3) is 0 Å². The van der Waals surface area contributed by atoms with Crippen molar-refractivity contribution in [2.24, 2.45) is 0 Å². The number of carbonyl (C=O) groups excluding carboxylic acids is 2. The normalized spacial score (nSPS) is 9.40. The number of unbranched alkanes of at least 4 members (excludes halogenated alkanes) is 1. The van der Waals surface area contributed by atoms with Gasteiger partial charge in [-0.05, 0) is 19.8 Å². The molecule has 0 radical (unpaired) electrons. The topological polar surface area (TPSA) is 95.5 Å². The zero-order chi connectivity index (χ0) is 11.7. The Morgan fingerprint density at radius 3 is 2.27 bits per heavy atom. The molecule has 6 nitrogen and oxygen atoms in total. The Hall–Kier alpha value is -1.59. The van der Waals surface area contributed by atoms with E-state index in [1.165, 1.54) is 0 Å². The van der Waals surface area contributed by atoms with Crippen molar-refractivity contribution in [2.75, 3.05) is 6.54 Å². The van der Waals surface area contributed by atoms with Gasteiger partial charge in [0.15, 0.2) is 0 Å². The van der Waals surface area contributed by atoms with E-state index in [-0.39, 0.29) is 18.7 Å². The molecule has 0 bridgehead atoms. The fourth-order valence-electron chi connectivity index (χ4n) is 0.956. The largest absolute Gasteiger partial charge is 0.481 e. The second-order valence-electron chi connectivity index (χ2n) is 3.01. The summed E-state index contributed by atoms with van der Waals surface area (Å²) in [5.41, 5.74) is 0. The lowest BCUT2D eigenvalue weighted by Gasteiger charge is -2.03. The number of hydrogen-bond donors (Lipinski definition) is 3. The number of aliphatic carboxylic acids is 1. The molecule has 15 heavy (non-hydrogen) atoms. The summed E-state index contributed by atoms with van der Waals surface area (Å²) in [5.74, 6) is -1.26. The van der Waals surface area contributed by atoms with E-state index in [0.29, 0.717) is 19.4 Å². The third-order valence-corrected chi connectivity index (χ3v) is 1.63. The van der Waals surface area contributed by atoms with E-state index in [9.17, 15) is 14.4 Å². The van der Waals surface area contributed by atoms with Gasteiger partial charge in [-0.15, -0.1) is 0 Å². The van der Waals surface area contributed by atoms with E-state index in [2.05, 4.69) is 10.6 Å². The van der Waals surface area contributed by atoms with Gasteiger partial charge in [0, 0.05) is 19.4 Å². The van der Waals surface area contributed by atoms with Crippen LogP contribution in [-0.4, -0.2) is 29.6 Å². The van der Waals surface area contributed by atoms with Gasteiger partial charge < -0.3 is 10.4 Å². The molecular weight excluding hydrogens is 200 g/mol. The van der Waals surface area contributed by atoms with Crippen LogP contribution in [0.5, 0.6) is 0 Å². The third kappa shape index (κ3) is 8.73. The van der Waals surface area contributed by atoms with Crippen LogP contribution >= 0.6 is 0 Å². The first-order chi connectivity index (χ1) is 7.06. The summed E-state index contributed by atoms with van der Waals surface area (Å²) >= 11 is 0. The van der Waals surface area contributed by atoms with Crippen LogP contribution in [0.2, 0.25) is 0 Å². The fraction of sp³-hybridized carbons (Fsp3) is 0.667. The summed E-state index contributed by atoms with van der Waals surface area (Å²) in [5, 5.41) is 12.9. The average molecular weight is 216 g/mol. The van der Waals surface area contributed by atoms with Crippen LogP contribution in [-0.2, 0) is 9.59 Å². The summed E-state index contributed by atoms with van der Waals surface area (Å²) in [7, 11) is 0. The molecule has 3 amide bonds. The van der Waals surface area contributed by atoms with E-state index in [1.54, 1.807) is 6.92 Å². The Labute approximate surface area is 88.0 Å². The molecule has 0 atom stereocenters. The quantitative estimate of drug-likeness (QED) is 0.562. The first-order valence-electron chi connectivity index (χ1n) is 4.85. The SMILES string of the molecule is CCNC(=O)NC(=O)CCCCC(=O)O. The van der Waals surface area contributed by atoms with Crippen molar-refractivity contribution in [3.63, 3.8) is 0 Å². The molecule has 0 aromatic rings. The van der Waals surface area contributed by atoms with Crippen LogP contribution in [0.15, 0.2) is 0 Å². The molecule has 3 N–H and O–H groups in total. The predicted octanol–water partition coefficient (Wildman–Crippen LogP) is 0.477. The van der Waals surface area contributed by atoms with Gasteiger partial charge in [-0.25, -0.2) is 4.79 Å². The van der Waals surface area contributed by atoms with Crippen molar-refractivity contribution < 1.29 is 19.5 Å². The molecule has 0 unspecified atom stereocenters. The molecule has 0 aliphatic carbocycles. The first kappa shape index (κ1) is 13.4. The van der Waals surface area contributed by atoms with Gasteiger partial charge in [-0.1, -0.05) is 0 Å². The lowest BCUT2D eigenvalue weighted by Crippen LogP contribution is -2.39. The Kier molecular flexibility index (Phi) is 6.96. The molecule has 0 saturated carbocycles. The molecule has 6 heteroatoms. The van der Waals surface area contributed by atoms with Gasteiger partial charge in [-0.2, -0.15) is 0 Å². The van der Waals surface area contributed by atoms with Crippen LogP contribution < -0.4 is 10.6 Å². The third-order valence-electron chi connectivity index (χ3n) is 1.63. The van der Waals surface area contributed by atoms with E-state index in [4.69, 9.17) is 5.11 Å². The highest BCUT2D eigenvalue weighted by molar-refractivity contribution is 5.94. The minimum Gasteiger partial charge on any atom is -0.481 e. The van der Waals surface area contributed by atoms with Crippen molar-refractivity contribution in [2.45, 2.75) is 32.6 Å². The first-order valence-corrected chi connectivity index (χ1v) is 4.85. The maximum absolute atomic E-state index is 11.1. The van der Waals surface area contributed by atoms with Gasteiger partial charge in [0.25, 0.3) is 0 Å². The van der Waals surface area contributed by atoms with Gasteiger partial charge in [-0.3, -0.25) is 14.9 Å². The van der Waals surface area contributed by atoms with Gasteiger partial charge >= 0.3 is 12.0 Å². The summed E-state index contributed by atoms with van der Waals surface area (Å²) in [4.78, 5) is 32.1. The second kappa shape index (κ2) is 7.78. The standard InChI is InChI=1S/C9H16N2O4/c1-2-10-9(15)11-7(12)5-3-4-6-8(13)14/h2-6H2,1H3,(H,13,14)(H2,10,11,12,15). The molecule has 0 fully saturated rings. The molecular formula is C9H16N2O4. The summed E-state index contributed by atoms with van der Waals surface area (Å²) in [6.07, 6.45) is 1.13. The number of amides is 3. The number of carbonyl (C=O) groups is 3. The molecule has 0 aromatic heterocycles. The lowest BCUT2D eigenvalue weighted by atomic mass is 10.2. The predicted molar refractivity (Wildman–Crippen MR) is 53.3 cm³/mol. The number of carboxylic acids is 1.